The molecule has 0 radical (unpaired) electrons. The molecule has 65 heavy (non-hydrogen) atoms. The standard InChI is InChI=1S/C64H44O/c1-63(2)54-24-14-13-17-43(54)44-29-25-40(36-56(44)63)60-48-21-10-8-19-46(48)59(47-20-9-11-22-49(47)60)39-28-32-58-52(35-39)51-33-38(27-31-57(51)65-58)37-26-30-55-53(34-37)61-45-18-7-5-15-41(45)42-16-6-12-23-50(42)62(61)64(55,3)4/h5-36H,1-4H3. The van der Waals surface area contributed by atoms with Crippen LogP contribution in [-0.2, 0) is 10.8 Å². The number of hydrogen-bond acceptors (Lipinski definition) is 1. The van der Waals surface area contributed by atoms with Gasteiger partial charge < -0.3 is 4.42 Å². The van der Waals surface area contributed by atoms with Crippen LogP contribution in [0.4, 0.5) is 0 Å². The van der Waals surface area contributed by atoms with Gasteiger partial charge >= 0.3 is 0 Å². The molecule has 12 aromatic rings. The summed E-state index contributed by atoms with van der Waals surface area (Å²) >= 11 is 0. The van der Waals surface area contributed by atoms with Crippen molar-refractivity contribution in [3.8, 4) is 55.6 Å². The maximum absolute atomic E-state index is 6.60. The molecular formula is C64H44O. The SMILES string of the molecule is CC1(C)c2ccccc2-c2ccc(-c3c4ccccc4c(-c4ccc5oc6ccc(-c7ccc8c(c7)-c7c(c9ccccc9c9ccccc79)C8(C)C)cc6c5c4)c4ccccc34)cc21. The number of fused-ring (bicyclic) bond motifs is 16. The molecule has 14 rings (SSSR count). The van der Waals surface area contributed by atoms with Gasteiger partial charge in [-0.2, -0.15) is 0 Å². The third-order valence-electron chi connectivity index (χ3n) is 15.4. The largest absolute Gasteiger partial charge is 0.456 e. The summed E-state index contributed by atoms with van der Waals surface area (Å²) in [5.41, 5.74) is 20.0. The van der Waals surface area contributed by atoms with Crippen LogP contribution in [0, 0.1) is 0 Å². The van der Waals surface area contributed by atoms with E-state index in [-0.39, 0.29) is 10.8 Å². The lowest BCUT2D eigenvalue weighted by molar-refractivity contribution is 0.660. The van der Waals surface area contributed by atoms with Crippen molar-refractivity contribution in [2.75, 3.05) is 0 Å². The van der Waals surface area contributed by atoms with E-state index in [1.807, 2.05) is 0 Å². The minimum Gasteiger partial charge on any atom is -0.456 e. The van der Waals surface area contributed by atoms with Gasteiger partial charge in [-0.15, -0.1) is 0 Å². The van der Waals surface area contributed by atoms with E-state index in [4.69, 9.17) is 4.42 Å². The van der Waals surface area contributed by atoms with Gasteiger partial charge in [0.25, 0.3) is 0 Å². The summed E-state index contributed by atoms with van der Waals surface area (Å²) in [6.07, 6.45) is 0. The molecule has 11 aromatic carbocycles. The number of rotatable bonds is 3. The predicted octanol–water partition coefficient (Wildman–Crippen LogP) is 17.8. The van der Waals surface area contributed by atoms with E-state index < -0.39 is 0 Å². The van der Waals surface area contributed by atoms with E-state index in [1.54, 1.807) is 0 Å². The molecule has 2 aliphatic rings. The van der Waals surface area contributed by atoms with Gasteiger partial charge in [-0.25, -0.2) is 0 Å². The summed E-state index contributed by atoms with van der Waals surface area (Å²) in [7, 11) is 0. The van der Waals surface area contributed by atoms with Crippen LogP contribution in [0.5, 0.6) is 0 Å². The summed E-state index contributed by atoms with van der Waals surface area (Å²) < 4.78 is 6.60. The van der Waals surface area contributed by atoms with Crippen LogP contribution >= 0.6 is 0 Å². The molecule has 306 valence electrons. The lowest BCUT2D eigenvalue weighted by Crippen LogP contribution is -2.15. The van der Waals surface area contributed by atoms with Crippen LogP contribution < -0.4 is 0 Å². The molecule has 0 aliphatic heterocycles. The monoisotopic (exact) mass is 828 g/mol. The second kappa shape index (κ2) is 12.9. The first kappa shape index (κ1) is 36.7. The van der Waals surface area contributed by atoms with Crippen molar-refractivity contribution in [1.82, 2.24) is 0 Å². The molecule has 0 spiro atoms. The smallest absolute Gasteiger partial charge is 0.135 e. The van der Waals surface area contributed by atoms with Gasteiger partial charge in [0, 0.05) is 21.6 Å². The van der Waals surface area contributed by atoms with Crippen LogP contribution in [0.15, 0.2) is 199 Å². The number of furan rings is 1. The molecule has 1 heteroatoms. The quantitative estimate of drug-likeness (QED) is 0.128. The van der Waals surface area contributed by atoms with Crippen molar-refractivity contribution in [2.45, 2.75) is 38.5 Å². The Bertz CT molecular complexity index is 4000. The van der Waals surface area contributed by atoms with E-state index in [0.717, 1.165) is 21.9 Å². The predicted molar refractivity (Wildman–Crippen MR) is 275 cm³/mol. The van der Waals surface area contributed by atoms with Gasteiger partial charge in [-0.3, -0.25) is 0 Å². The molecule has 0 saturated heterocycles. The van der Waals surface area contributed by atoms with Crippen molar-refractivity contribution in [2.24, 2.45) is 0 Å². The van der Waals surface area contributed by atoms with E-state index in [1.165, 1.54) is 121 Å². The maximum atomic E-state index is 6.60. The minimum atomic E-state index is -0.134. The molecule has 1 aromatic heterocycles. The first-order valence-corrected chi connectivity index (χ1v) is 23.0. The number of hydrogen-bond donors (Lipinski definition) is 0. The molecule has 1 nitrogen and oxygen atoms in total. The molecule has 2 aliphatic carbocycles. The Balaban J connectivity index is 0.933. The molecule has 0 atom stereocenters. The highest BCUT2D eigenvalue weighted by atomic mass is 16.3. The fourth-order valence-electron chi connectivity index (χ4n) is 12.4. The summed E-state index contributed by atoms with van der Waals surface area (Å²) in [5.74, 6) is 0. The van der Waals surface area contributed by atoms with Crippen LogP contribution in [-0.4, -0.2) is 0 Å². The van der Waals surface area contributed by atoms with E-state index in [9.17, 15) is 0 Å². The highest BCUT2D eigenvalue weighted by molar-refractivity contribution is 6.23. The van der Waals surface area contributed by atoms with Crippen LogP contribution in [0.1, 0.15) is 49.9 Å². The molecule has 0 saturated carbocycles. The van der Waals surface area contributed by atoms with Crippen LogP contribution in [0.2, 0.25) is 0 Å². The van der Waals surface area contributed by atoms with Crippen LogP contribution in [0.3, 0.4) is 0 Å². The third kappa shape index (κ3) is 4.93. The lowest BCUT2D eigenvalue weighted by atomic mass is 9.79. The fourth-order valence-corrected chi connectivity index (χ4v) is 12.4. The van der Waals surface area contributed by atoms with Gasteiger partial charge in [0.2, 0.25) is 0 Å². The van der Waals surface area contributed by atoms with Gasteiger partial charge in [0.1, 0.15) is 11.2 Å². The third-order valence-corrected chi connectivity index (χ3v) is 15.4. The Kier molecular flexibility index (Phi) is 7.30. The zero-order valence-corrected chi connectivity index (χ0v) is 36.9. The Morgan fingerprint density at radius 1 is 0.277 bits per heavy atom. The summed E-state index contributed by atoms with van der Waals surface area (Å²) in [5, 5.41) is 12.6. The molecule has 0 unspecified atom stereocenters. The average Bonchev–Trinajstić information content (AvgIpc) is 3.91. The second-order valence-corrected chi connectivity index (χ2v) is 19.5. The van der Waals surface area contributed by atoms with E-state index in [2.05, 4.69) is 222 Å². The molecular weight excluding hydrogens is 785 g/mol. The topological polar surface area (TPSA) is 13.1 Å². The maximum Gasteiger partial charge on any atom is 0.135 e. The molecule has 0 N–H and O–H groups in total. The highest BCUT2D eigenvalue weighted by Crippen LogP contribution is 2.56. The number of benzene rings is 11. The van der Waals surface area contributed by atoms with Crippen molar-refractivity contribution >= 4 is 65.0 Å². The Morgan fingerprint density at radius 2 is 0.708 bits per heavy atom. The van der Waals surface area contributed by atoms with Gasteiger partial charge in [0.15, 0.2) is 0 Å². The van der Waals surface area contributed by atoms with Crippen LogP contribution in [0.25, 0.3) is 121 Å². The Labute approximate surface area is 378 Å². The first-order chi connectivity index (χ1) is 31.8. The van der Waals surface area contributed by atoms with Crippen molar-refractivity contribution in [3.05, 3.63) is 216 Å². The zero-order chi connectivity index (χ0) is 43.3. The normalized spacial score (nSPS) is 14.4. The fraction of sp³-hybridized carbons (Fsp3) is 0.0938. The molecule has 1 heterocycles. The van der Waals surface area contributed by atoms with Gasteiger partial charge in [-0.1, -0.05) is 185 Å². The highest BCUT2D eigenvalue weighted by Gasteiger charge is 2.39. The minimum absolute atomic E-state index is 0.0801. The summed E-state index contributed by atoms with van der Waals surface area (Å²) in [6.45, 7) is 9.53. The van der Waals surface area contributed by atoms with Gasteiger partial charge in [-0.05, 0) is 157 Å². The Hall–Kier alpha value is -7.74. The molecule has 0 amide bonds. The Morgan fingerprint density at radius 3 is 1.35 bits per heavy atom. The van der Waals surface area contributed by atoms with E-state index >= 15 is 0 Å². The van der Waals surface area contributed by atoms with E-state index in [0.29, 0.717) is 0 Å². The average molecular weight is 829 g/mol. The molecule has 0 fully saturated rings. The van der Waals surface area contributed by atoms with Crippen molar-refractivity contribution < 1.29 is 4.42 Å². The van der Waals surface area contributed by atoms with Crippen molar-refractivity contribution in [1.29, 1.82) is 0 Å². The summed E-state index contributed by atoms with van der Waals surface area (Å²) in [6, 6.07) is 72.7. The van der Waals surface area contributed by atoms with Crippen molar-refractivity contribution in [3.63, 3.8) is 0 Å². The molecule has 0 bridgehead atoms. The zero-order valence-electron chi connectivity index (χ0n) is 36.9. The summed E-state index contributed by atoms with van der Waals surface area (Å²) in [4.78, 5) is 0. The first-order valence-electron chi connectivity index (χ1n) is 23.0. The van der Waals surface area contributed by atoms with Gasteiger partial charge in [0.05, 0.1) is 0 Å². The second-order valence-electron chi connectivity index (χ2n) is 19.5. The lowest BCUT2D eigenvalue weighted by Gasteiger charge is -2.24.